The van der Waals surface area contributed by atoms with Crippen LogP contribution in [-0.4, -0.2) is 55.5 Å². The minimum Gasteiger partial charge on any atom is -0.346 e. The molecule has 0 aromatic carbocycles. The van der Waals surface area contributed by atoms with Crippen molar-refractivity contribution in [1.82, 2.24) is 29.7 Å². The second kappa shape index (κ2) is 4.76. The number of pyridine rings is 1. The molecule has 0 spiro atoms. The molecule has 3 aromatic rings. The van der Waals surface area contributed by atoms with Crippen LogP contribution in [0.3, 0.4) is 0 Å². The molecule has 3 aliphatic carbocycles. The first-order valence-electron chi connectivity index (χ1n) is 9.17. The number of aromatic nitrogens is 4. The van der Waals surface area contributed by atoms with Crippen molar-refractivity contribution in [1.29, 1.82) is 0 Å². The van der Waals surface area contributed by atoms with Gasteiger partial charge in [0.25, 0.3) is 5.92 Å². The minimum atomic E-state index is -2.73. The number of H-pyrrole nitrogens is 1. The third-order valence-electron chi connectivity index (χ3n) is 6.50. The highest BCUT2D eigenvalue weighted by atomic mass is 19.3. The molecule has 7 nitrogen and oxygen atoms in total. The number of nitrogens with one attached hydrogen (secondary N) is 2. The molecule has 9 heteroatoms. The lowest BCUT2D eigenvalue weighted by Crippen LogP contribution is -2.62. The molecule has 4 heterocycles. The highest BCUT2D eigenvalue weighted by Crippen LogP contribution is 2.58. The number of fused-ring (bicyclic) bond motifs is 4. The molecule has 2 bridgehead atoms. The van der Waals surface area contributed by atoms with Crippen LogP contribution in [0.2, 0.25) is 0 Å². The number of aromatic amines is 1. The van der Waals surface area contributed by atoms with Gasteiger partial charge in [0.15, 0.2) is 0 Å². The van der Waals surface area contributed by atoms with Crippen LogP contribution >= 0.6 is 0 Å². The fourth-order valence-corrected chi connectivity index (χ4v) is 5.18. The Bertz CT molecular complexity index is 1070. The van der Waals surface area contributed by atoms with E-state index >= 15 is 0 Å². The van der Waals surface area contributed by atoms with Crippen molar-refractivity contribution in [2.45, 2.75) is 36.8 Å². The summed E-state index contributed by atoms with van der Waals surface area (Å²) in [7, 11) is 0. The van der Waals surface area contributed by atoms with Crippen LogP contribution in [0.15, 0.2) is 24.8 Å². The van der Waals surface area contributed by atoms with Crippen molar-refractivity contribution in [3.63, 3.8) is 0 Å². The van der Waals surface area contributed by atoms with Crippen LogP contribution in [0.5, 0.6) is 0 Å². The summed E-state index contributed by atoms with van der Waals surface area (Å²) in [5, 5.41) is 4.02. The number of hydrogen-bond acceptors (Lipinski definition) is 3. The maximum absolute atomic E-state index is 13.0. The Morgan fingerprint density at radius 1 is 1.26 bits per heavy atom. The Hall–Kier alpha value is -2.71. The lowest BCUT2D eigenvalue weighted by Gasteiger charge is -2.40. The molecule has 1 atom stereocenters. The molecule has 4 fully saturated rings. The van der Waals surface area contributed by atoms with Gasteiger partial charge < -0.3 is 19.8 Å². The summed E-state index contributed by atoms with van der Waals surface area (Å²) in [4.78, 5) is 25.5. The molecule has 140 valence electrons. The molecular formula is C18H18F2N6O. The number of carbonyl (C=O) groups excluding carboxylic acids is 1. The number of hydrogen-bond donors (Lipinski definition) is 2. The van der Waals surface area contributed by atoms with E-state index in [1.54, 1.807) is 6.20 Å². The lowest BCUT2D eigenvalue weighted by molar-refractivity contribution is -0.110. The Morgan fingerprint density at radius 3 is 2.85 bits per heavy atom. The average Bonchev–Trinajstić information content (AvgIpc) is 3.31. The number of imidazole rings is 1. The van der Waals surface area contributed by atoms with Crippen molar-refractivity contribution >= 4 is 28.1 Å². The van der Waals surface area contributed by atoms with Gasteiger partial charge in [0.1, 0.15) is 11.2 Å². The van der Waals surface area contributed by atoms with Crippen LogP contribution in [0.25, 0.3) is 22.1 Å². The van der Waals surface area contributed by atoms with Crippen molar-refractivity contribution in [3.8, 4) is 0 Å². The number of nitrogens with zero attached hydrogens (tertiary/aromatic N) is 4. The number of alkyl halides is 2. The largest absolute Gasteiger partial charge is 0.346 e. The van der Waals surface area contributed by atoms with E-state index in [0.717, 1.165) is 41.3 Å². The van der Waals surface area contributed by atoms with Gasteiger partial charge in [0.05, 0.1) is 31.1 Å². The Labute approximate surface area is 152 Å². The van der Waals surface area contributed by atoms with E-state index in [4.69, 9.17) is 0 Å². The summed E-state index contributed by atoms with van der Waals surface area (Å²) >= 11 is 0. The van der Waals surface area contributed by atoms with Crippen molar-refractivity contribution in [2.75, 3.05) is 13.1 Å². The Kier molecular flexibility index (Phi) is 2.71. The summed E-state index contributed by atoms with van der Waals surface area (Å²) in [6.45, 7) is -0.960. The number of amides is 2. The van der Waals surface area contributed by atoms with Gasteiger partial charge >= 0.3 is 6.03 Å². The first-order chi connectivity index (χ1) is 12.9. The van der Waals surface area contributed by atoms with Gasteiger partial charge in [-0.3, -0.25) is 0 Å². The van der Waals surface area contributed by atoms with E-state index in [1.807, 2.05) is 18.6 Å². The zero-order valence-electron chi connectivity index (χ0n) is 14.5. The van der Waals surface area contributed by atoms with Crippen LogP contribution in [0.1, 0.15) is 19.3 Å². The maximum Gasteiger partial charge on any atom is 0.318 e. The fraction of sp³-hybridized carbons (Fsp3) is 0.500. The third kappa shape index (κ3) is 2.02. The molecule has 1 saturated heterocycles. The number of rotatable bonds is 2. The smallest absolute Gasteiger partial charge is 0.318 e. The first kappa shape index (κ1) is 15.4. The molecule has 3 aromatic heterocycles. The predicted molar refractivity (Wildman–Crippen MR) is 93.5 cm³/mol. The Balaban J connectivity index is 1.27. The fourth-order valence-electron chi connectivity index (χ4n) is 5.18. The van der Waals surface area contributed by atoms with Gasteiger partial charge in [0, 0.05) is 23.2 Å². The molecular weight excluding hydrogens is 354 g/mol. The molecule has 1 aliphatic heterocycles. The molecule has 7 rings (SSSR count). The molecule has 2 N–H and O–H groups in total. The molecule has 27 heavy (non-hydrogen) atoms. The molecule has 1 unspecified atom stereocenters. The second-order valence-corrected chi connectivity index (χ2v) is 8.21. The van der Waals surface area contributed by atoms with Gasteiger partial charge in [-0.15, -0.1) is 0 Å². The molecule has 0 radical (unpaired) electrons. The summed E-state index contributed by atoms with van der Waals surface area (Å²) in [5.41, 5.74) is 2.68. The number of urea groups is 1. The van der Waals surface area contributed by atoms with E-state index < -0.39 is 19.0 Å². The van der Waals surface area contributed by atoms with Crippen LogP contribution in [-0.2, 0) is 5.54 Å². The van der Waals surface area contributed by atoms with Crippen molar-refractivity contribution < 1.29 is 13.6 Å². The second-order valence-electron chi connectivity index (χ2n) is 8.21. The van der Waals surface area contributed by atoms with E-state index in [0.29, 0.717) is 5.92 Å². The van der Waals surface area contributed by atoms with Gasteiger partial charge in [-0.2, -0.15) is 0 Å². The highest BCUT2D eigenvalue weighted by molar-refractivity contribution is 6.01. The van der Waals surface area contributed by atoms with Crippen LogP contribution < -0.4 is 5.32 Å². The van der Waals surface area contributed by atoms with Crippen molar-refractivity contribution in [2.24, 2.45) is 5.92 Å². The molecule has 2 amide bonds. The van der Waals surface area contributed by atoms with Crippen LogP contribution in [0.4, 0.5) is 13.6 Å². The number of halogens is 2. The SMILES string of the molecule is O=C(NC1CC2(n3cnc4cnc5[nH]ccc5c43)CC1C2)N1CC(F)(F)C1. The van der Waals surface area contributed by atoms with Gasteiger partial charge in [-0.1, -0.05) is 0 Å². The third-order valence-corrected chi connectivity index (χ3v) is 6.50. The van der Waals surface area contributed by atoms with Gasteiger partial charge in [0.2, 0.25) is 0 Å². The quantitative estimate of drug-likeness (QED) is 0.725. The van der Waals surface area contributed by atoms with E-state index in [9.17, 15) is 13.6 Å². The minimum absolute atomic E-state index is 0.0210. The van der Waals surface area contributed by atoms with E-state index in [2.05, 4.69) is 24.8 Å². The summed E-state index contributed by atoms with van der Waals surface area (Å²) in [5.74, 6) is -2.35. The maximum atomic E-state index is 13.0. The average molecular weight is 372 g/mol. The Morgan fingerprint density at radius 2 is 2.07 bits per heavy atom. The molecule has 4 aliphatic rings. The van der Waals surface area contributed by atoms with E-state index in [1.165, 1.54) is 4.90 Å². The van der Waals surface area contributed by atoms with E-state index in [-0.39, 0.29) is 17.6 Å². The van der Waals surface area contributed by atoms with Crippen LogP contribution in [0, 0.1) is 5.92 Å². The van der Waals surface area contributed by atoms with Gasteiger partial charge in [-0.25, -0.2) is 23.5 Å². The summed E-state index contributed by atoms with van der Waals surface area (Å²) in [6.07, 6.45) is 8.25. The first-order valence-corrected chi connectivity index (χ1v) is 9.17. The highest BCUT2D eigenvalue weighted by Gasteiger charge is 2.58. The standard InChI is InChI=1S/C18H18F2N6O/c19-18(20)7-25(8-18)16(27)24-12-5-17(3-10(12)4-17)26-9-23-13-6-22-15-11(14(13)26)1-2-21-15/h1-2,6,9-10,12H,3-5,7-8H2,(H,21,22)(H,24,27). The predicted octanol–water partition coefficient (Wildman–Crippen LogP) is 2.45. The normalized spacial score (nSPS) is 31.1. The molecule has 3 saturated carbocycles. The lowest BCUT2D eigenvalue weighted by atomic mass is 9.76. The monoisotopic (exact) mass is 372 g/mol. The zero-order chi connectivity index (χ0) is 18.4. The zero-order valence-corrected chi connectivity index (χ0v) is 14.5. The van der Waals surface area contributed by atoms with Crippen molar-refractivity contribution in [3.05, 3.63) is 24.8 Å². The summed E-state index contributed by atoms with van der Waals surface area (Å²) in [6, 6.07) is 1.66. The topological polar surface area (TPSA) is 78.8 Å². The van der Waals surface area contributed by atoms with Gasteiger partial charge in [-0.05, 0) is 31.2 Å². The number of likely N-dealkylation sites (tertiary alicyclic amines) is 1. The number of carbonyl (C=O) groups is 1. The summed E-state index contributed by atoms with van der Waals surface area (Å²) < 4.78 is 28.2.